The number of nitrogens with one attached hydrogen (secondary N) is 1. The Morgan fingerprint density at radius 2 is 1.68 bits per heavy atom. The predicted octanol–water partition coefficient (Wildman–Crippen LogP) is 2.88. The van der Waals surface area contributed by atoms with Gasteiger partial charge in [0.05, 0.1) is 11.9 Å². The number of halogens is 1. The van der Waals surface area contributed by atoms with Crippen molar-refractivity contribution < 1.29 is 13.5 Å². The van der Waals surface area contributed by atoms with E-state index in [4.69, 9.17) is 11.6 Å². The molecule has 2 rings (SSSR count). The van der Waals surface area contributed by atoms with Crippen LogP contribution in [-0.2, 0) is 15.8 Å². The predicted molar refractivity (Wildman–Crippen MR) is 88.1 cm³/mol. The Morgan fingerprint density at radius 1 is 1.05 bits per heavy atom. The lowest BCUT2D eigenvalue weighted by Gasteiger charge is -2.12. The van der Waals surface area contributed by atoms with Gasteiger partial charge in [0.2, 0.25) is 10.0 Å². The minimum Gasteiger partial charge on any atom is -0.388 e. The first kappa shape index (κ1) is 17.0. The van der Waals surface area contributed by atoms with Gasteiger partial charge in [0.25, 0.3) is 0 Å². The lowest BCUT2D eigenvalue weighted by Crippen LogP contribution is -2.27. The van der Waals surface area contributed by atoms with Gasteiger partial charge in [0.15, 0.2) is 0 Å². The smallest absolute Gasteiger partial charge is 0.215 e. The molecule has 0 fully saturated rings. The van der Waals surface area contributed by atoms with E-state index in [1.54, 1.807) is 24.3 Å². The Bertz CT molecular complexity index is 704. The molecule has 0 saturated carbocycles. The van der Waals surface area contributed by atoms with Crippen molar-refractivity contribution in [3.63, 3.8) is 0 Å². The van der Waals surface area contributed by atoms with Gasteiger partial charge >= 0.3 is 0 Å². The van der Waals surface area contributed by atoms with Gasteiger partial charge in [-0.05, 0) is 23.6 Å². The van der Waals surface area contributed by atoms with Crippen molar-refractivity contribution in [1.82, 2.24) is 4.72 Å². The molecule has 0 unspecified atom stereocenters. The molecule has 118 valence electrons. The number of hydrogen-bond acceptors (Lipinski definition) is 3. The third-order valence-electron chi connectivity index (χ3n) is 3.23. The van der Waals surface area contributed by atoms with Crippen LogP contribution in [0.2, 0.25) is 5.02 Å². The van der Waals surface area contributed by atoms with Gasteiger partial charge in [-0.2, -0.15) is 0 Å². The molecule has 0 aliphatic heterocycles. The first-order chi connectivity index (χ1) is 10.5. The maximum Gasteiger partial charge on any atom is 0.215 e. The van der Waals surface area contributed by atoms with E-state index in [-0.39, 0.29) is 12.3 Å². The van der Waals surface area contributed by atoms with Crippen molar-refractivity contribution in [2.45, 2.75) is 18.3 Å². The second-order valence-electron chi connectivity index (χ2n) is 4.96. The number of hydrogen-bond donors (Lipinski definition) is 2. The second-order valence-corrected chi connectivity index (χ2v) is 7.17. The maximum absolute atomic E-state index is 12.0. The van der Waals surface area contributed by atoms with E-state index in [1.165, 1.54) is 0 Å². The zero-order valence-electron chi connectivity index (χ0n) is 11.9. The summed E-state index contributed by atoms with van der Waals surface area (Å²) in [6.45, 7) is 0.169. The van der Waals surface area contributed by atoms with Gasteiger partial charge in [0.1, 0.15) is 0 Å². The molecule has 0 aliphatic rings. The molecule has 0 heterocycles. The molecule has 0 spiro atoms. The molecular formula is C16H18ClNO3S. The lowest BCUT2D eigenvalue weighted by atomic mass is 10.1. The SMILES string of the molecule is O=S(=O)(Cc1ccccc1Cl)NCC[C@H](O)c1ccccc1. The molecule has 0 amide bonds. The molecule has 1 atom stereocenters. The number of aliphatic hydroxyl groups excluding tert-OH is 1. The van der Waals surface area contributed by atoms with E-state index in [2.05, 4.69) is 4.72 Å². The van der Waals surface area contributed by atoms with Gasteiger partial charge in [-0.1, -0.05) is 60.1 Å². The van der Waals surface area contributed by atoms with Crippen LogP contribution in [0.25, 0.3) is 0 Å². The van der Waals surface area contributed by atoms with Crippen molar-refractivity contribution in [1.29, 1.82) is 0 Å². The summed E-state index contributed by atoms with van der Waals surface area (Å²) in [5.74, 6) is -0.173. The highest BCUT2D eigenvalue weighted by Crippen LogP contribution is 2.18. The number of aliphatic hydroxyl groups is 1. The lowest BCUT2D eigenvalue weighted by molar-refractivity contribution is 0.169. The normalized spacial score (nSPS) is 13.0. The minimum absolute atomic E-state index is 0.169. The molecular weight excluding hydrogens is 322 g/mol. The van der Waals surface area contributed by atoms with Crippen molar-refractivity contribution in [3.05, 3.63) is 70.7 Å². The molecule has 0 aromatic heterocycles. The van der Waals surface area contributed by atoms with Gasteiger partial charge in [-0.15, -0.1) is 0 Å². The fraction of sp³-hybridized carbons (Fsp3) is 0.250. The number of rotatable bonds is 7. The average Bonchev–Trinajstić information content (AvgIpc) is 2.50. The second kappa shape index (κ2) is 7.74. The highest BCUT2D eigenvalue weighted by Gasteiger charge is 2.14. The molecule has 2 aromatic rings. The highest BCUT2D eigenvalue weighted by molar-refractivity contribution is 7.88. The van der Waals surface area contributed by atoms with Crippen molar-refractivity contribution in [3.8, 4) is 0 Å². The molecule has 0 bridgehead atoms. The molecule has 0 saturated heterocycles. The monoisotopic (exact) mass is 339 g/mol. The van der Waals surface area contributed by atoms with Crippen LogP contribution in [0.3, 0.4) is 0 Å². The summed E-state index contributed by atoms with van der Waals surface area (Å²) in [6, 6.07) is 16.0. The summed E-state index contributed by atoms with van der Waals surface area (Å²) >= 11 is 5.96. The van der Waals surface area contributed by atoms with E-state index in [0.717, 1.165) is 5.56 Å². The quantitative estimate of drug-likeness (QED) is 0.815. The first-order valence-electron chi connectivity index (χ1n) is 6.92. The Morgan fingerprint density at radius 3 is 2.36 bits per heavy atom. The Labute approximate surface area is 135 Å². The van der Waals surface area contributed by atoms with Crippen LogP contribution in [0, 0.1) is 0 Å². The van der Waals surface area contributed by atoms with E-state index >= 15 is 0 Å². The van der Waals surface area contributed by atoms with Gasteiger partial charge in [-0.25, -0.2) is 13.1 Å². The summed E-state index contributed by atoms with van der Waals surface area (Å²) in [5.41, 5.74) is 1.33. The number of benzene rings is 2. The van der Waals surface area contributed by atoms with Crippen LogP contribution in [0.15, 0.2) is 54.6 Å². The topological polar surface area (TPSA) is 66.4 Å². The van der Waals surface area contributed by atoms with E-state index in [9.17, 15) is 13.5 Å². The molecule has 0 aliphatic carbocycles. The largest absolute Gasteiger partial charge is 0.388 e. The van der Waals surface area contributed by atoms with E-state index in [1.807, 2.05) is 30.3 Å². The van der Waals surface area contributed by atoms with Crippen molar-refractivity contribution in [2.24, 2.45) is 0 Å². The minimum atomic E-state index is -3.48. The zero-order chi connectivity index (χ0) is 16.0. The summed E-state index contributed by atoms with van der Waals surface area (Å²) in [6.07, 6.45) is -0.379. The molecule has 0 radical (unpaired) electrons. The van der Waals surface area contributed by atoms with Crippen LogP contribution in [0.1, 0.15) is 23.7 Å². The first-order valence-corrected chi connectivity index (χ1v) is 8.95. The Hall–Kier alpha value is -1.40. The van der Waals surface area contributed by atoms with Gasteiger partial charge in [-0.3, -0.25) is 0 Å². The Kier molecular flexibility index (Phi) is 5.97. The zero-order valence-corrected chi connectivity index (χ0v) is 13.5. The summed E-state index contributed by atoms with van der Waals surface area (Å²) < 4.78 is 26.5. The van der Waals surface area contributed by atoms with E-state index in [0.29, 0.717) is 17.0 Å². The molecule has 2 aromatic carbocycles. The third-order valence-corrected chi connectivity index (χ3v) is 4.93. The fourth-order valence-electron chi connectivity index (χ4n) is 2.06. The van der Waals surface area contributed by atoms with Crippen LogP contribution in [-0.4, -0.2) is 20.1 Å². The van der Waals surface area contributed by atoms with Crippen molar-refractivity contribution in [2.75, 3.05) is 6.54 Å². The fourth-order valence-corrected chi connectivity index (χ4v) is 3.54. The summed E-state index contributed by atoms with van der Waals surface area (Å²) in [5, 5.41) is 10.4. The molecule has 22 heavy (non-hydrogen) atoms. The van der Waals surface area contributed by atoms with Crippen molar-refractivity contribution >= 4 is 21.6 Å². The summed E-state index contributed by atoms with van der Waals surface area (Å²) in [4.78, 5) is 0. The average molecular weight is 340 g/mol. The van der Waals surface area contributed by atoms with Gasteiger partial charge in [0, 0.05) is 11.6 Å². The van der Waals surface area contributed by atoms with Gasteiger partial charge < -0.3 is 5.11 Å². The van der Waals surface area contributed by atoms with Crippen LogP contribution in [0.5, 0.6) is 0 Å². The highest BCUT2D eigenvalue weighted by atomic mass is 35.5. The molecule has 6 heteroatoms. The standard InChI is InChI=1S/C16H18ClNO3S/c17-15-9-5-4-8-14(15)12-22(20,21)18-11-10-16(19)13-6-2-1-3-7-13/h1-9,16,18-19H,10-12H2/t16-/m0/s1. The third kappa shape index (κ3) is 5.10. The van der Waals surface area contributed by atoms with Crippen LogP contribution < -0.4 is 4.72 Å². The molecule has 4 nitrogen and oxygen atoms in total. The Balaban J connectivity index is 1.87. The maximum atomic E-state index is 12.0. The number of sulfonamides is 1. The van der Waals surface area contributed by atoms with E-state index < -0.39 is 16.1 Å². The van der Waals surface area contributed by atoms with Crippen LogP contribution in [0.4, 0.5) is 0 Å². The van der Waals surface area contributed by atoms with Crippen LogP contribution >= 0.6 is 11.6 Å². The molecule has 2 N–H and O–H groups in total. The summed E-state index contributed by atoms with van der Waals surface area (Å²) in [7, 11) is -3.48.